The predicted octanol–water partition coefficient (Wildman–Crippen LogP) is 3.41. The summed E-state index contributed by atoms with van der Waals surface area (Å²) in [5, 5.41) is 7.44. The Morgan fingerprint density at radius 1 is 1.43 bits per heavy atom. The molecule has 112 valence electrons. The molecule has 1 N–H and O–H groups in total. The minimum absolute atomic E-state index is 0.332. The lowest BCUT2D eigenvalue weighted by atomic mass is 9.99. The fraction of sp³-hybridized carbons (Fsp3) is 0.438. The number of halogens is 1. The Morgan fingerprint density at radius 2 is 2.29 bits per heavy atom. The van der Waals surface area contributed by atoms with Gasteiger partial charge in [0.05, 0.1) is 17.3 Å². The van der Waals surface area contributed by atoms with E-state index >= 15 is 0 Å². The number of benzene rings is 1. The van der Waals surface area contributed by atoms with Crippen LogP contribution < -0.4 is 10.1 Å². The highest BCUT2D eigenvalue weighted by atomic mass is 35.5. The summed E-state index contributed by atoms with van der Waals surface area (Å²) in [5.74, 6) is 1.04. The van der Waals surface area contributed by atoms with Gasteiger partial charge in [0, 0.05) is 29.3 Å². The van der Waals surface area contributed by atoms with E-state index in [1.807, 2.05) is 26.1 Å². The van der Waals surface area contributed by atoms with E-state index in [9.17, 15) is 0 Å². The lowest BCUT2D eigenvalue weighted by molar-refractivity contribution is 0.351. The summed E-state index contributed by atoms with van der Waals surface area (Å²) in [5.41, 5.74) is 3.58. The highest BCUT2D eigenvalue weighted by Crippen LogP contribution is 2.33. The van der Waals surface area contributed by atoms with Gasteiger partial charge in [0.25, 0.3) is 0 Å². The molecule has 1 aromatic heterocycles. The lowest BCUT2D eigenvalue weighted by Crippen LogP contribution is -2.30. The molecule has 0 aliphatic carbocycles. The van der Waals surface area contributed by atoms with Crippen molar-refractivity contribution < 1.29 is 4.74 Å². The van der Waals surface area contributed by atoms with Crippen molar-refractivity contribution in [2.24, 2.45) is 0 Å². The van der Waals surface area contributed by atoms with Crippen LogP contribution in [0.2, 0.25) is 5.02 Å². The third kappa shape index (κ3) is 3.39. The smallest absolute Gasteiger partial charge is 0.125 e. The van der Waals surface area contributed by atoms with Crippen molar-refractivity contribution in [3.8, 4) is 5.75 Å². The SMILES string of the molecule is CNC(Cc1csc(C)n1)Cc1cc(Cl)cc2c1OCC2. The molecule has 1 aliphatic rings. The van der Waals surface area contributed by atoms with Crippen LogP contribution in [0.25, 0.3) is 0 Å². The molecule has 3 nitrogen and oxygen atoms in total. The lowest BCUT2D eigenvalue weighted by Gasteiger charge is -2.17. The van der Waals surface area contributed by atoms with Crippen molar-refractivity contribution >= 4 is 22.9 Å². The van der Waals surface area contributed by atoms with Crippen LogP contribution in [0.4, 0.5) is 0 Å². The first-order valence-corrected chi connectivity index (χ1v) is 8.44. The third-order valence-corrected chi connectivity index (χ3v) is 4.86. The molecule has 0 spiro atoms. The zero-order chi connectivity index (χ0) is 14.8. The molecule has 3 rings (SSSR count). The first-order valence-electron chi connectivity index (χ1n) is 7.18. The second-order valence-electron chi connectivity index (χ2n) is 5.40. The van der Waals surface area contributed by atoms with Crippen molar-refractivity contribution in [3.63, 3.8) is 0 Å². The zero-order valence-electron chi connectivity index (χ0n) is 12.3. The Morgan fingerprint density at radius 3 is 3.00 bits per heavy atom. The van der Waals surface area contributed by atoms with Gasteiger partial charge in [-0.2, -0.15) is 0 Å². The molecule has 0 fully saturated rings. The molecule has 1 unspecified atom stereocenters. The molecule has 5 heteroatoms. The summed E-state index contributed by atoms with van der Waals surface area (Å²) in [6.07, 6.45) is 2.77. The quantitative estimate of drug-likeness (QED) is 0.916. The number of hydrogen-bond acceptors (Lipinski definition) is 4. The van der Waals surface area contributed by atoms with Gasteiger partial charge < -0.3 is 10.1 Å². The number of fused-ring (bicyclic) bond motifs is 1. The highest BCUT2D eigenvalue weighted by molar-refractivity contribution is 7.09. The van der Waals surface area contributed by atoms with Crippen LogP contribution in [-0.2, 0) is 19.3 Å². The molecule has 2 aromatic rings. The molecule has 1 atom stereocenters. The summed E-state index contributed by atoms with van der Waals surface area (Å²) >= 11 is 7.93. The molecule has 1 aliphatic heterocycles. The third-order valence-electron chi connectivity index (χ3n) is 3.82. The van der Waals surface area contributed by atoms with E-state index < -0.39 is 0 Å². The molecular weight excluding hydrogens is 304 g/mol. The monoisotopic (exact) mass is 322 g/mol. The molecule has 0 radical (unpaired) electrons. The summed E-state index contributed by atoms with van der Waals surface area (Å²) < 4.78 is 5.78. The van der Waals surface area contributed by atoms with E-state index in [1.165, 1.54) is 11.1 Å². The number of aromatic nitrogens is 1. The van der Waals surface area contributed by atoms with Crippen LogP contribution in [0.15, 0.2) is 17.5 Å². The van der Waals surface area contributed by atoms with Gasteiger partial charge in [-0.3, -0.25) is 0 Å². The number of hydrogen-bond donors (Lipinski definition) is 1. The maximum atomic E-state index is 6.23. The second-order valence-corrected chi connectivity index (χ2v) is 6.90. The van der Waals surface area contributed by atoms with Gasteiger partial charge in [-0.25, -0.2) is 4.98 Å². The number of likely N-dealkylation sites (N-methyl/N-ethyl adjacent to an activating group) is 1. The number of nitrogens with zero attached hydrogens (tertiary/aromatic N) is 1. The molecule has 0 bridgehead atoms. The number of thiazole rings is 1. The molecule has 2 heterocycles. The Bertz CT molecular complexity index is 641. The van der Waals surface area contributed by atoms with E-state index in [-0.39, 0.29) is 0 Å². The van der Waals surface area contributed by atoms with Gasteiger partial charge in [-0.1, -0.05) is 11.6 Å². The van der Waals surface area contributed by atoms with Gasteiger partial charge in [-0.05, 0) is 43.7 Å². The van der Waals surface area contributed by atoms with E-state index in [0.717, 1.165) is 47.3 Å². The molecule has 21 heavy (non-hydrogen) atoms. The fourth-order valence-corrected chi connectivity index (χ4v) is 3.68. The standard InChI is InChI=1S/C16H19ClN2OS/c1-10-19-15(9-21-10)8-14(18-2)7-12-6-13(17)5-11-3-4-20-16(11)12/h5-6,9,14,18H,3-4,7-8H2,1-2H3. The Kier molecular flexibility index (Phi) is 4.48. The maximum absolute atomic E-state index is 6.23. The van der Waals surface area contributed by atoms with Crippen LogP contribution in [0.3, 0.4) is 0 Å². The van der Waals surface area contributed by atoms with Crippen LogP contribution in [0.1, 0.15) is 21.8 Å². The van der Waals surface area contributed by atoms with Crippen LogP contribution in [0, 0.1) is 6.92 Å². The highest BCUT2D eigenvalue weighted by Gasteiger charge is 2.20. The minimum atomic E-state index is 0.332. The average molecular weight is 323 g/mol. The predicted molar refractivity (Wildman–Crippen MR) is 87.8 cm³/mol. The number of nitrogens with one attached hydrogen (secondary N) is 1. The first kappa shape index (κ1) is 14.8. The summed E-state index contributed by atoms with van der Waals surface area (Å²) in [6, 6.07) is 4.38. The van der Waals surface area contributed by atoms with Crippen molar-refractivity contribution in [1.29, 1.82) is 0 Å². The Balaban J connectivity index is 1.78. The van der Waals surface area contributed by atoms with E-state index in [2.05, 4.69) is 15.7 Å². The van der Waals surface area contributed by atoms with E-state index in [0.29, 0.717) is 6.04 Å². The van der Waals surface area contributed by atoms with Gasteiger partial charge in [0.1, 0.15) is 5.75 Å². The summed E-state index contributed by atoms with van der Waals surface area (Å²) in [7, 11) is 2.00. The molecule has 0 saturated carbocycles. The largest absolute Gasteiger partial charge is 0.493 e. The van der Waals surface area contributed by atoms with E-state index in [1.54, 1.807) is 11.3 Å². The van der Waals surface area contributed by atoms with Gasteiger partial charge in [0.15, 0.2) is 0 Å². The molecular formula is C16H19ClN2OS. The summed E-state index contributed by atoms with van der Waals surface area (Å²) in [6.45, 7) is 2.80. The van der Waals surface area contributed by atoms with Crippen LogP contribution in [-0.4, -0.2) is 24.7 Å². The molecule has 1 aromatic carbocycles. The number of aryl methyl sites for hydroxylation is 1. The van der Waals surface area contributed by atoms with Crippen LogP contribution >= 0.6 is 22.9 Å². The van der Waals surface area contributed by atoms with Crippen molar-refractivity contribution in [2.45, 2.75) is 32.2 Å². The average Bonchev–Trinajstić information content (AvgIpc) is 3.06. The topological polar surface area (TPSA) is 34.2 Å². The van der Waals surface area contributed by atoms with Crippen molar-refractivity contribution in [1.82, 2.24) is 10.3 Å². The van der Waals surface area contributed by atoms with Gasteiger partial charge >= 0.3 is 0 Å². The zero-order valence-corrected chi connectivity index (χ0v) is 13.9. The Labute approximate surface area is 134 Å². The van der Waals surface area contributed by atoms with Crippen molar-refractivity contribution in [2.75, 3.05) is 13.7 Å². The minimum Gasteiger partial charge on any atom is -0.493 e. The van der Waals surface area contributed by atoms with E-state index in [4.69, 9.17) is 16.3 Å². The fourth-order valence-electron chi connectivity index (χ4n) is 2.79. The van der Waals surface area contributed by atoms with Gasteiger partial charge in [0.2, 0.25) is 0 Å². The molecule has 0 amide bonds. The summed E-state index contributed by atoms with van der Waals surface area (Å²) in [4.78, 5) is 4.55. The van der Waals surface area contributed by atoms with Crippen molar-refractivity contribution in [3.05, 3.63) is 44.4 Å². The normalized spacial score (nSPS) is 14.8. The maximum Gasteiger partial charge on any atom is 0.125 e. The molecule has 0 saturated heterocycles. The number of rotatable bonds is 5. The number of ether oxygens (including phenoxy) is 1. The van der Waals surface area contributed by atoms with Gasteiger partial charge in [-0.15, -0.1) is 11.3 Å². The Hall–Kier alpha value is -1.10. The first-order chi connectivity index (χ1) is 10.2. The van der Waals surface area contributed by atoms with Crippen LogP contribution in [0.5, 0.6) is 5.75 Å². The second kappa shape index (κ2) is 6.34.